The van der Waals surface area contributed by atoms with Crippen LogP contribution < -0.4 is 11.1 Å². The Morgan fingerprint density at radius 3 is 2.24 bits per heavy atom. The van der Waals surface area contributed by atoms with Gasteiger partial charge < -0.3 is 11.1 Å². The van der Waals surface area contributed by atoms with Gasteiger partial charge >= 0.3 is 0 Å². The summed E-state index contributed by atoms with van der Waals surface area (Å²) in [6, 6.07) is 6.09. The average Bonchev–Trinajstić information content (AvgIpc) is 2.38. The lowest BCUT2D eigenvalue weighted by molar-refractivity contribution is -0.114. The normalized spacial score (nSPS) is 12.5. The lowest BCUT2D eigenvalue weighted by atomic mass is 9.94. The Hall–Kier alpha value is -1.44. The molecule has 118 valence electrons. The largest absolute Gasteiger partial charge is 0.330 e. The van der Waals surface area contributed by atoms with Crippen molar-refractivity contribution in [2.45, 2.75) is 25.7 Å². The molecule has 0 aliphatic carbocycles. The lowest BCUT2D eigenvalue weighted by Crippen LogP contribution is -2.39. The Bertz CT molecular complexity index is 594. The van der Waals surface area contributed by atoms with E-state index in [1.54, 1.807) is 12.1 Å². The second kappa shape index (κ2) is 6.55. The maximum absolute atomic E-state index is 12.5. The molecule has 1 rings (SSSR count). The van der Waals surface area contributed by atoms with Gasteiger partial charge in [-0.2, -0.15) is 0 Å². The average molecular weight is 313 g/mol. The molecule has 0 radical (unpaired) electrons. The van der Waals surface area contributed by atoms with Gasteiger partial charge in [-0.15, -0.1) is 0 Å². The van der Waals surface area contributed by atoms with Crippen LogP contribution in [0.4, 0.5) is 5.69 Å². The summed E-state index contributed by atoms with van der Waals surface area (Å²) in [5.74, 6) is -0.201. The van der Waals surface area contributed by atoms with Crippen molar-refractivity contribution in [1.29, 1.82) is 0 Å². The zero-order valence-electron chi connectivity index (χ0n) is 12.9. The molecular weight excluding hydrogens is 290 g/mol. The molecular formula is C14H23N3O3S. The van der Waals surface area contributed by atoms with Gasteiger partial charge in [-0.25, -0.2) is 12.7 Å². The highest BCUT2D eigenvalue weighted by atomic mass is 32.2. The van der Waals surface area contributed by atoms with Gasteiger partial charge in [-0.1, -0.05) is 13.8 Å². The number of benzene rings is 1. The quantitative estimate of drug-likeness (QED) is 0.826. The number of carbonyl (C=O) groups excluding carboxylic acids is 1. The minimum absolute atomic E-state index is 0.187. The van der Waals surface area contributed by atoms with Gasteiger partial charge in [0.15, 0.2) is 0 Å². The number of nitrogens with one attached hydrogen (secondary N) is 1. The highest BCUT2D eigenvalue weighted by molar-refractivity contribution is 7.89. The predicted molar refractivity (Wildman–Crippen MR) is 83.4 cm³/mol. The summed E-state index contributed by atoms with van der Waals surface area (Å²) in [6.07, 6.45) is 0. The molecule has 1 amide bonds. The number of anilines is 1. The second-order valence-electron chi connectivity index (χ2n) is 5.83. The molecule has 0 aromatic heterocycles. The van der Waals surface area contributed by atoms with E-state index in [-0.39, 0.29) is 16.2 Å². The van der Waals surface area contributed by atoms with Crippen LogP contribution >= 0.6 is 0 Å². The van der Waals surface area contributed by atoms with Crippen molar-refractivity contribution in [2.75, 3.05) is 25.5 Å². The van der Waals surface area contributed by atoms with Crippen LogP contribution in [0.3, 0.4) is 0 Å². The molecule has 0 saturated carbocycles. The summed E-state index contributed by atoms with van der Waals surface area (Å²) in [6.45, 7) is 5.96. The predicted octanol–water partition coefficient (Wildman–Crippen LogP) is 1.25. The zero-order valence-corrected chi connectivity index (χ0v) is 13.7. The van der Waals surface area contributed by atoms with Gasteiger partial charge in [-0.05, 0) is 36.2 Å². The van der Waals surface area contributed by atoms with E-state index in [1.807, 2.05) is 13.8 Å². The summed E-state index contributed by atoms with van der Waals surface area (Å²) in [4.78, 5) is 11.1. The fourth-order valence-corrected chi connectivity index (χ4v) is 3.21. The van der Waals surface area contributed by atoms with Gasteiger partial charge in [0.25, 0.3) is 0 Å². The standard InChI is InChI=1S/C14H23N3O3S/c1-11(18)16-12-5-7-13(8-6-12)21(19,20)17(4)10-14(2,3)9-15/h5-8H,9-10,15H2,1-4H3,(H,16,18). The minimum Gasteiger partial charge on any atom is -0.330 e. The van der Waals surface area contributed by atoms with Gasteiger partial charge in [-0.3, -0.25) is 4.79 Å². The fourth-order valence-electron chi connectivity index (χ4n) is 1.85. The molecule has 3 N–H and O–H groups in total. The van der Waals surface area contributed by atoms with Gasteiger partial charge in [0.2, 0.25) is 15.9 Å². The number of nitrogens with zero attached hydrogens (tertiary/aromatic N) is 1. The first kappa shape index (κ1) is 17.6. The van der Waals surface area contributed by atoms with Crippen molar-refractivity contribution in [2.24, 2.45) is 11.1 Å². The third kappa shape index (κ3) is 4.80. The Morgan fingerprint density at radius 2 is 1.81 bits per heavy atom. The molecule has 0 aliphatic heterocycles. The molecule has 0 bridgehead atoms. The summed E-state index contributed by atoms with van der Waals surface area (Å²) in [5, 5.41) is 2.60. The molecule has 0 atom stereocenters. The second-order valence-corrected chi connectivity index (χ2v) is 7.88. The molecule has 21 heavy (non-hydrogen) atoms. The zero-order chi connectivity index (χ0) is 16.3. The Kier molecular flexibility index (Phi) is 5.49. The number of sulfonamides is 1. The van der Waals surface area contributed by atoms with Crippen LogP contribution in [-0.4, -0.2) is 38.8 Å². The minimum atomic E-state index is -3.56. The highest BCUT2D eigenvalue weighted by Crippen LogP contribution is 2.21. The molecule has 7 heteroatoms. The van der Waals surface area contributed by atoms with Crippen molar-refractivity contribution in [3.05, 3.63) is 24.3 Å². The molecule has 0 heterocycles. The van der Waals surface area contributed by atoms with E-state index in [0.717, 1.165) is 0 Å². The van der Waals surface area contributed by atoms with Gasteiger partial charge in [0, 0.05) is 26.2 Å². The van der Waals surface area contributed by atoms with Crippen LogP contribution in [0, 0.1) is 5.41 Å². The van der Waals surface area contributed by atoms with E-state index in [9.17, 15) is 13.2 Å². The fraction of sp³-hybridized carbons (Fsp3) is 0.500. The Labute approximate surface area is 126 Å². The van der Waals surface area contributed by atoms with E-state index >= 15 is 0 Å². The summed E-state index contributed by atoms with van der Waals surface area (Å²) in [5.41, 5.74) is 5.91. The molecule has 0 unspecified atom stereocenters. The Balaban J connectivity index is 2.94. The SMILES string of the molecule is CC(=O)Nc1ccc(S(=O)(=O)N(C)CC(C)(C)CN)cc1. The van der Waals surface area contributed by atoms with Crippen LogP contribution in [0.15, 0.2) is 29.2 Å². The smallest absolute Gasteiger partial charge is 0.242 e. The first-order valence-electron chi connectivity index (χ1n) is 6.62. The number of rotatable bonds is 6. The van der Waals surface area contributed by atoms with Crippen molar-refractivity contribution >= 4 is 21.6 Å². The molecule has 6 nitrogen and oxygen atoms in total. The van der Waals surface area contributed by atoms with Gasteiger partial charge in [0.05, 0.1) is 4.90 Å². The van der Waals surface area contributed by atoms with E-state index < -0.39 is 10.0 Å². The maximum Gasteiger partial charge on any atom is 0.242 e. The maximum atomic E-state index is 12.5. The number of carbonyl (C=O) groups is 1. The van der Waals surface area contributed by atoms with Crippen molar-refractivity contribution < 1.29 is 13.2 Å². The first-order chi connectivity index (χ1) is 9.58. The van der Waals surface area contributed by atoms with Crippen LogP contribution in [0.2, 0.25) is 0 Å². The topological polar surface area (TPSA) is 92.5 Å². The van der Waals surface area contributed by atoms with Crippen LogP contribution in [-0.2, 0) is 14.8 Å². The third-order valence-electron chi connectivity index (χ3n) is 3.09. The molecule has 0 saturated heterocycles. The van der Waals surface area contributed by atoms with E-state index in [0.29, 0.717) is 18.8 Å². The van der Waals surface area contributed by atoms with Crippen LogP contribution in [0.5, 0.6) is 0 Å². The van der Waals surface area contributed by atoms with Crippen molar-refractivity contribution in [1.82, 2.24) is 4.31 Å². The molecule has 1 aromatic carbocycles. The van der Waals surface area contributed by atoms with Crippen LogP contribution in [0.25, 0.3) is 0 Å². The van der Waals surface area contributed by atoms with Crippen molar-refractivity contribution in [3.63, 3.8) is 0 Å². The summed E-state index contributed by atoms with van der Waals surface area (Å²) >= 11 is 0. The van der Waals surface area contributed by atoms with Crippen LogP contribution in [0.1, 0.15) is 20.8 Å². The number of nitrogens with two attached hydrogens (primary N) is 1. The van der Waals surface area contributed by atoms with Gasteiger partial charge in [0.1, 0.15) is 0 Å². The van der Waals surface area contributed by atoms with E-state index in [1.165, 1.54) is 30.4 Å². The van der Waals surface area contributed by atoms with E-state index in [4.69, 9.17) is 5.73 Å². The molecule has 1 aromatic rings. The summed E-state index contributed by atoms with van der Waals surface area (Å²) in [7, 11) is -2.03. The first-order valence-corrected chi connectivity index (χ1v) is 8.06. The number of hydrogen-bond donors (Lipinski definition) is 2. The highest BCUT2D eigenvalue weighted by Gasteiger charge is 2.27. The summed E-state index contributed by atoms with van der Waals surface area (Å²) < 4.78 is 26.2. The Morgan fingerprint density at radius 1 is 1.29 bits per heavy atom. The van der Waals surface area contributed by atoms with Crippen molar-refractivity contribution in [3.8, 4) is 0 Å². The van der Waals surface area contributed by atoms with E-state index in [2.05, 4.69) is 5.32 Å². The monoisotopic (exact) mass is 313 g/mol. The molecule has 0 aliphatic rings. The molecule has 0 spiro atoms. The number of amides is 1. The number of hydrogen-bond acceptors (Lipinski definition) is 4. The third-order valence-corrected chi connectivity index (χ3v) is 4.90. The molecule has 0 fully saturated rings. The lowest BCUT2D eigenvalue weighted by Gasteiger charge is -2.28.